The highest BCUT2D eigenvalue weighted by Gasteiger charge is 2.24. The van der Waals surface area contributed by atoms with Crippen molar-refractivity contribution < 1.29 is 4.79 Å². The molecule has 1 aromatic rings. The molecule has 4 heteroatoms. The lowest BCUT2D eigenvalue weighted by atomic mass is 10.1. The Morgan fingerprint density at radius 1 is 1.39 bits per heavy atom. The maximum atomic E-state index is 12.1. The molecule has 0 aliphatic rings. The van der Waals surface area contributed by atoms with Gasteiger partial charge in [-0.15, -0.1) is 0 Å². The number of halogens is 1. The van der Waals surface area contributed by atoms with E-state index >= 15 is 0 Å². The predicted octanol–water partition coefficient (Wildman–Crippen LogP) is 3.10. The Balaban J connectivity index is 2.99. The number of carbonyl (C=O) groups excluding carboxylic acids is 1. The number of rotatable bonds is 5. The van der Waals surface area contributed by atoms with Crippen LogP contribution in [0.5, 0.6) is 0 Å². The van der Waals surface area contributed by atoms with Gasteiger partial charge in [-0.3, -0.25) is 4.79 Å². The van der Waals surface area contributed by atoms with Crippen LogP contribution in [0.1, 0.15) is 38.8 Å². The van der Waals surface area contributed by atoms with Gasteiger partial charge in [-0.1, -0.05) is 41.1 Å². The average Bonchev–Trinajstić information content (AvgIpc) is 2.35. The number of hydrogen-bond donors (Lipinski definition) is 1. The summed E-state index contributed by atoms with van der Waals surface area (Å²) >= 11 is 3.53. The summed E-state index contributed by atoms with van der Waals surface area (Å²) in [6.07, 6.45) is 0.924. The Bertz CT molecular complexity index is 407. The van der Waals surface area contributed by atoms with Gasteiger partial charge < -0.3 is 10.6 Å². The largest absolute Gasteiger partial charge is 0.335 e. The highest BCUT2D eigenvalue weighted by Crippen LogP contribution is 2.27. The van der Waals surface area contributed by atoms with Crippen LogP contribution in [-0.2, 0) is 4.79 Å². The summed E-state index contributed by atoms with van der Waals surface area (Å²) in [5.74, 6) is 0.0000954. The zero-order valence-corrected chi connectivity index (χ0v) is 12.8. The van der Waals surface area contributed by atoms with Gasteiger partial charge in [-0.05, 0) is 31.9 Å². The number of nitrogens with two attached hydrogens (primary N) is 1. The van der Waals surface area contributed by atoms with Crippen molar-refractivity contribution in [3.63, 3.8) is 0 Å². The lowest BCUT2D eigenvalue weighted by Gasteiger charge is -2.31. The molecule has 2 unspecified atom stereocenters. The molecule has 0 fully saturated rings. The van der Waals surface area contributed by atoms with Crippen LogP contribution in [0.4, 0.5) is 0 Å². The van der Waals surface area contributed by atoms with Crippen LogP contribution >= 0.6 is 15.9 Å². The Kier molecular flexibility index (Phi) is 5.82. The Morgan fingerprint density at radius 3 is 2.50 bits per heavy atom. The average molecular weight is 313 g/mol. The molecule has 0 heterocycles. The minimum atomic E-state index is -0.457. The third-order valence-electron chi connectivity index (χ3n) is 2.96. The van der Waals surface area contributed by atoms with Crippen molar-refractivity contribution in [3.8, 4) is 0 Å². The van der Waals surface area contributed by atoms with Gasteiger partial charge in [0.25, 0.3) is 0 Å². The molecule has 0 saturated carbocycles. The molecule has 0 spiro atoms. The van der Waals surface area contributed by atoms with E-state index in [1.165, 1.54) is 0 Å². The van der Waals surface area contributed by atoms with Gasteiger partial charge in [0, 0.05) is 11.0 Å². The third kappa shape index (κ3) is 3.56. The SMILES string of the molecule is CCCN(C(=O)C(C)N)C(C)c1ccccc1Br. The number of nitrogens with zero attached hydrogens (tertiary/aromatic N) is 1. The van der Waals surface area contributed by atoms with Gasteiger partial charge in [-0.2, -0.15) is 0 Å². The van der Waals surface area contributed by atoms with Crippen LogP contribution < -0.4 is 5.73 Å². The first-order valence-electron chi connectivity index (χ1n) is 6.29. The lowest BCUT2D eigenvalue weighted by molar-refractivity contribution is -0.134. The molecule has 1 amide bonds. The number of amides is 1. The minimum absolute atomic E-state index is 0.0000954. The van der Waals surface area contributed by atoms with Crippen LogP contribution in [0.25, 0.3) is 0 Å². The smallest absolute Gasteiger partial charge is 0.239 e. The third-order valence-corrected chi connectivity index (χ3v) is 3.68. The summed E-state index contributed by atoms with van der Waals surface area (Å²) in [4.78, 5) is 14.0. The fourth-order valence-electron chi connectivity index (χ4n) is 1.98. The van der Waals surface area contributed by atoms with Crippen LogP contribution in [0.15, 0.2) is 28.7 Å². The van der Waals surface area contributed by atoms with Gasteiger partial charge >= 0.3 is 0 Å². The molecule has 2 atom stereocenters. The summed E-state index contributed by atoms with van der Waals surface area (Å²) < 4.78 is 1.02. The quantitative estimate of drug-likeness (QED) is 0.908. The molecule has 3 nitrogen and oxygen atoms in total. The second kappa shape index (κ2) is 6.90. The first-order valence-corrected chi connectivity index (χ1v) is 7.08. The molecular weight excluding hydrogens is 292 g/mol. The number of hydrogen-bond acceptors (Lipinski definition) is 2. The van der Waals surface area contributed by atoms with Crippen LogP contribution in [0, 0.1) is 0 Å². The number of benzene rings is 1. The molecule has 0 radical (unpaired) electrons. The molecule has 1 rings (SSSR count). The second-order valence-corrected chi connectivity index (χ2v) is 5.37. The van der Waals surface area contributed by atoms with E-state index in [0.717, 1.165) is 23.0 Å². The summed E-state index contributed by atoms with van der Waals surface area (Å²) in [6.45, 7) is 6.56. The maximum Gasteiger partial charge on any atom is 0.239 e. The molecular formula is C14H21BrN2O. The Morgan fingerprint density at radius 2 is 2.00 bits per heavy atom. The topological polar surface area (TPSA) is 46.3 Å². The highest BCUT2D eigenvalue weighted by molar-refractivity contribution is 9.10. The van der Waals surface area contributed by atoms with Crippen molar-refractivity contribution in [1.82, 2.24) is 4.90 Å². The summed E-state index contributed by atoms with van der Waals surface area (Å²) in [5, 5.41) is 0. The van der Waals surface area contributed by atoms with Crippen LogP contribution in [-0.4, -0.2) is 23.4 Å². The van der Waals surface area contributed by atoms with Crippen molar-refractivity contribution in [2.24, 2.45) is 5.73 Å². The first-order chi connectivity index (χ1) is 8.49. The molecule has 0 aromatic heterocycles. The fourth-order valence-corrected chi connectivity index (χ4v) is 2.60. The van der Waals surface area contributed by atoms with Crippen molar-refractivity contribution in [3.05, 3.63) is 34.3 Å². The molecule has 0 saturated heterocycles. The van der Waals surface area contributed by atoms with E-state index in [4.69, 9.17) is 5.73 Å². The summed E-state index contributed by atoms with van der Waals surface area (Å²) in [5.41, 5.74) is 6.83. The van der Waals surface area contributed by atoms with E-state index in [-0.39, 0.29) is 11.9 Å². The second-order valence-electron chi connectivity index (χ2n) is 4.52. The van der Waals surface area contributed by atoms with Crippen molar-refractivity contribution in [2.75, 3.05) is 6.54 Å². The van der Waals surface area contributed by atoms with Crippen molar-refractivity contribution in [2.45, 2.75) is 39.3 Å². The highest BCUT2D eigenvalue weighted by atomic mass is 79.9. The van der Waals surface area contributed by atoms with Gasteiger partial charge in [-0.25, -0.2) is 0 Å². The minimum Gasteiger partial charge on any atom is -0.335 e. The predicted molar refractivity (Wildman–Crippen MR) is 78.2 cm³/mol. The normalized spacial score (nSPS) is 14.1. The van der Waals surface area contributed by atoms with E-state index in [1.807, 2.05) is 36.1 Å². The molecule has 18 heavy (non-hydrogen) atoms. The van der Waals surface area contributed by atoms with Crippen LogP contribution in [0.3, 0.4) is 0 Å². The standard InChI is InChI=1S/C14H21BrN2O/c1-4-9-17(14(18)10(2)16)11(3)12-7-5-6-8-13(12)15/h5-8,10-11H,4,9,16H2,1-3H3. The van der Waals surface area contributed by atoms with Crippen molar-refractivity contribution >= 4 is 21.8 Å². The first kappa shape index (κ1) is 15.2. The van der Waals surface area contributed by atoms with Gasteiger partial charge in [0.1, 0.15) is 0 Å². The van der Waals surface area contributed by atoms with Gasteiger partial charge in [0.15, 0.2) is 0 Å². The monoisotopic (exact) mass is 312 g/mol. The van der Waals surface area contributed by atoms with E-state index < -0.39 is 6.04 Å². The molecule has 0 bridgehead atoms. The van der Waals surface area contributed by atoms with E-state index in [0.29, 0.717) is 0 Å². The molecule has 0 aliphatic heterocycles. The Hall–Kier alpha value is -0.870. The summed E-state index contributed by atoms with van der Waals surface area (Å²) in [7, 11) is 0. The van der Waals surface area contributed by atoms with Crippen molar-refractivity contribution in [1.29, 1.82) is 0 Å². The fraction of sp³-hybridized carbons (Fsp3) is 0.500. The zero-order valence-electron chi connectivity index (χ0n) is 11.2. The zero-order chi connectivity index (χ0) is 13.7. The van der Waals surface area contributed by atoms with E-state index in [9.17, 15) is 4.79 Å². The number of carbonyl (C=O) groups is 1. The van der Waals surface area contributed by atoms with Gasteiger partial charge in [0.2, 0.25) is 5.91 Å². The Labute approximate surface area is 117 Å². The summed E-state index contributed by atoms with van der Waals surface area (Å²) in [6, 6.07) is 7.55. The molecule has 1 aromatic carbocycles. The maximum absolute atomic E-state index is 12.1. The molecule has 0 aliphatic carbocycles. The van der Waals surface area contributed by atoms with Gasteiger partial charge in [0.05, 0.1) is 12.1 Å². The van der Waals surface area contributed by atoms with E-state index in [2.05, 4.69) is 22.9 Å². The molecule has 2 N–H and O–H groups in total. The van der Waals surface area contributed by atoms with Crippen LogP contribution in [0.2, 0.25) is 0 Å². The molecule has 100 valence electrons. The lowest BCUT2D eigenvalue weighted by Crippen LogP contribution is -2.43. The van der Waals surface area contributed by atoms with E-state index in [1.54, 1.807) is 6.92 Å².